The largest absolute Gasteiger partial charge is 0.340 e. The molecule has 4 heteroatoms. The monoisotopic (exact) mass is 316 g/mol. The maximum Gasteiger partial charge on any atom is 0.232 e. The molecular weight excluding hydrogens is 296 g/mol. The van der Waals surface area contributed by atoms with Gasteiger partial charge < -0.3 is 10.2 Å². The van der Waals surface area contributed by atoms with Gasteiger partial charge >= 0.3 is 0 Å². The zero-order chi connectivity index (χ0) is 16.5. The standard InChI is InChI=1S/C20H20N4/c1-14-12-19(22-17-9-4-3-5-10-17)23-20(21-14)24-15(2)13-16-8-6-7-11-18(16)24/h3-12,15H,13H2,1-2H3,(H,21,22,23). The van der Waals surface area contributed by atoms with Crippen LogP contribution in [0.5, 0.6) is 0 Å². The van der Waals surface area contributed by atoms with Gasteiger partial charge in [-0.1, -0.05) is 36.4 Å². The summed E-state index contributed by atoms with van der Waals surface area (Å²) in [5.74, 6) is 1.58. The molecule has 0 saturated heterocycles. The molecule has 0 spiro atoms. The van der Waals surface area contributed by atoms with E-state index in [1.54, 1.807) is 0 Å². The molecule has 0 amide bonds. The number of nitrogens with one attached hydrogen (secondary N) is 1. The van der Waals surface area contributed by atoms with Gasteiger partial charge in [0, 0.05) is 29.2 Å². The number of fused-ring (bicyclic) bond motifs is 1. The topological polar surface area (TPSA) is 41.1 Å². The minimum Gasteiger partial charge on any atom is -0.340 e. The number of para-hydroxylation sites is 2. The Morgan fingerprint density at radius 3 is 2.58 bits per heavy atom. The molecule has 1 N–H and O–H groups in total. The van der Waals surface area contributed by atoms with Crippen LogP contribution in [0.4, 0.5) is 23.1 Å². The lowest BCUT2D eigenvalue weighted by Crippen LogP contribution is -2.26. The fourth-order valence-corrected chi connectivity index (χ4v) is 3.26. The molecule has 3 aromatic rings. The fraction of sp³-hybridized carbons (Fsp3) is 0.200. The normalized spacial score (nSPS) is 16.1. The van der Waals surface area contributed by atoms with Gasteiger partial charge in [0.05, 0.1) is 0 Å². The highest BCUT2D eigenvalue weighted by Crippen LogP contribution is 2.36. The number of hydrogen-bond donors (Lipinski definition) is 1. The summed E-state index contributed by atoms with van der Waals surface area (Å²) in [6.45, 7) is 4.23. The van der Waals surface area contributed by atoms with Gasteiger partial charge in [-0.15, -0.1) is 0 Å². The Kier molecular flexibility index (Phi) is 3.65. The van der Waals surface area contributed by atoms with Gasteiger partial charge in [-0.05, 0) is 44.0 Å². The van der Waals surface area contributed by atoms with E-state index < -0.39 is 0 Å². The first-order chi connectivity index (χ1) is 11.7. The number of anilines is 4. The number of rotatable bonds is 3. The van der Waals surface area contributed by atoms with E-state index >= 15 is 0 Å². The molecule has 2 aromatic carbocycles. The second-order valence-corrected chi connectivity index (χ2v) is 6.24. The third kappa shape index (κ3) is 2.71. The zero-order valence-electron chi connectivity index (χ0n) is 13.9. The summed E-state index contributed by atoms with van der Waals surface area (Å²) < 4.78 is 0. The van der Waals surface area contributed by atoms with E-state index in [1.807, 2.05) is 43.3 Å². The van der Waals surface area contributed by atoms with Crippen molar-refractivity contribution >= 4 is 23.1 Å². The van der Waals surface area contributed by atoms with Crippen LogP contribution in [0, 0.1) is 6.92 Å². The van der Waals surface area contributed by atoms with E-state index in [1.165, 1.54) is 11.3 Å². The first-order valence-corrected chi connectivity index (χ1v) is 8.25. The van der Waals surface area contributed by atoms with E-state index in [0.717, 1.165) is 29.6 Å². The quantitative estimate of drug-likeness (QED) is 0.766. The molecule has 24 heavy (non-hydrogen) atoms. The molecule has 0 fully saturated rings. The predicted molar refractivity (Wildman–Crippen MR) is 98.2 cm³/mol. The molecule has 0 radical (unpaired) electrons. The summed E-state index contributed by atoms with van der Waals surface area (Å²) >= 11 is 0. The van der Waals surface area contributed by atoms with E-state index in [9.17, 15) is 0 Å². The highest BCUT2D eigenvalue weighted by molar-refractivity contribution is 5.68. The van der Waals surface area contributed by atoms with Crippen LogP contribution in [0.25, 0.3) is 0 Å². The van der Waals surface area contributed by atoms with Crippen LogP contribution in [0.3, 0.4) is 0 Å². The number of aromatic nitrogens is 2. The molecule has 2 heterocycles. The first-order valence-electron chi connectivity index (χ1n) is 8.25. The maximum atomic E-state index is 4.76. The van der Waals surface area contributed by atoms with Gasteiger partial charge in [-0.3, -0.25) is 0 Å². The summed E-state index contributed by atoms with van der Waals surface area (Å²) in [6.07, 6.45) is 1.02. The summed E-state index contributed by atoms with van der Waals surface area (Å²) in [7, 11) is 0. The van der Waals surface area contributed by atoms with Crippen LogP contribution < -0.4 is 10.2 Å². The van der Waals surface area contributed by atoms with E-state index in [2.05, 4.69) is 46.4 Å². The zero-order valence-corrected chi connectivity index (χ0v) is 13.9. The predicted octanol–water partition coefficient (Wildman–Crippen LogP) is 4.61. The van der Waals surface area contributed by atoms with E-state index in [0.29, 0.717) is 6.04 Å². The van der Waals surface area contributed by atoms with Crippen molar-refractivity contribution in [2.45, 2.75) is 26.3 Å². The minimum atomic E-state index is 0.355. The molecule has 0 aliphatic carbocycles. The Morgan fingerprint density at radius 1 is 1.00 bits per heavy atom. The van der Waals surface area contributed by atoms with Crippen molar-refractivity contribution in [3.63, 3.8) is 0 Å². The van der Waals surface area contributed by atoms with Crippen LogP contribution >= 0.6 is 0 Å². The lowest BCUT2D eigenvalue weighted by atomic mass is 10.1. The molecule has 1 atom stereocenters. The highest BCUT2D eigenvalue weighted by atomic mass is 15.3. The Balaban J connectivity index is 1.71. The average Bonchev–Trinajstić information content (AvgIpc) is 2.91. The third-order valence-corrected chi connectivity index (χ3v) is 4.31. The van der Waals surface area contributed by atoms with E-state index in [-0.39, 0.29) is 0 Å². The summed E-state index contributed by atoms with van der Waals surface area (Å²) in [5.41, 5.74) is 4.54. The van der Waals surface area contributed by atoms with Crippen LogP contribution in [0.2, 0.25) is 0 Å². The Bertz CT molecular complexity index is 861. The SMILES string of the molecule is Cc1cc(Nc2ccccc2)nc(N2c3ccccc3CC2C)n1. The first kappa shape index (κ1) is 14.7. The highest BCUT2D eigenvalue weighted by Gasteiger charge is 2.28. The third-order valence-electron chi connectivity index (χ3n) is 4.31. The molecule has 0 saturated carbocycles. The van der Waals surface area contributed by atoms with Crippen LogP contribution in [0.15, 0.2) is 60.7 Å². The van der Waals surface area contributed by atoms with Crippen molar-refractivity contribution in [2.24, 2.45) is 0 Å². The number of nitrogens with zero attached hydrogens (tertiary/aromatic N) is 3. The molecule has 0 bridgehead atoms. The van der Waals surface area contributed by atoms with Crippen molar-refractivity contribution in [3.05, 3.63) is 71.9 Å². The van der Waals surface area contributed by atoms with Gasteiger partial charge in [-0.25, -0.2) is 4.98 Å². The second kappa shape index (κ2) is 5.96. The summed E-state index contributed by atoms with van der Waals surface area (Å²) in [4.78, 5) is 11.7. The second-order valence-electron chi connectivity index (χ2n) is 6.24. The van der Waals surface area contributed by atoms with Crippen molar-refractivity contribution in [2.75, 3.05) is 10.2 Å². The van der Waals surface area contributed by atoms with Gasteiger partial charge in [-0.2, -0.15) is 4.98 Å². The van der Waals surface area contributed by atoms with Gasteiger partial charge in [0.25, 0.3) is 0 Å². The molecule has 1 aromatic heterocycles. The maximum absolute atomic E-state index is 4.76. The summed E-state index contributed by atoms with van der Waals surface area (Å²) in [6, 6.07) is 20.9. The molecule has 4 nitrogen and oxygen atoms in total. The van der Waals surface area contributed by atoms with Crippen molar-refractivity contribution in [1.29, 1.82) is 0 Å². The average molecular weight is 316 g/mol. The summed E-state index contributed by atoms with van der Waals surface area (Å²) in [5, 5.41) is 3.37. The Hall–Kier alpha value is -2.88. The number of aryl methyl sites for hydroxylation is 1. The van der Waals surface area contributed by atoms with Crippen LogP contribution in [-0.2, 0) is 6.42 Å². The van der Waals surface area contributed by atoms with Crippen molar-refractivity contribution < 1.29 is 0 Å². The molecule has 1 aliphatic rings. The molecule has 1 aliphatic heterocycles. The molecular formula is C20H20N4. The van der Waals surface area contributed by atoms with Gasteiger partial charge in [0.1, 0.15) is 5.82 Å². The number of benzene rings is 2. The van der Waals surface area contributed by atoms with Gasteiger partial charge in [0.15, 0.2) is 0 Å². The molecule has 1 unspecified atom stereocenters. The van der Waals surface area contributed by atoms with Crippen LogP contribution in [0.1, 0.15) is 18.2 Å². The lowest BCUT2D eigenvalue weighted by molar-refractivity contribution is 0.738. The van der Waals surface area contributed by atoms with Crippen molar-refractivity contribution in [3.8, 4) is 0 Å². The Morgan fingerprint density at radius 2 is 1.75 bits per heavy atom. The Labute approximate surface area is 142 Å². The van der Waals surface area contributed by atoms with E-state index in [4.69, 9.17) is 4.98 Å². The van der Waals surface area contributed by atoms with Gasteiger partial charge in [0.2, 0.25) is 5.95 Å². The lowest BCUT2D eigenvalue weighted by Gasteiger charge is -2.23. The minimum absolute atomic E-state index is 0.355. The van der Waals surface area contributed by atoms with Crippen LogP contribution in [-0.4, -0.2) is 16.0 Å². The smallest absolute Gasteiger partial charge is 0.232 e. The molecule has 120 valence electrons. The fourth-order valence-electron chi connectivity index (χ4n) is 3.26. The van der Waals surface area contributed by atoms with Crippen molar-refractivity contribution in [1.82, 2.24) is 9.97 Å². The molecule has 4 rings (SSSR count). The number of hydrogen-bond acceptors (Lipinski definition) is 4.